The Bertz CT molecular complexity index is 105. The molecule has 0 saturated heterocycles. The fourth-order valence-electron chi connectivity index (χ4n) is 0.0711. The minimum absolute atomic E-state index is 0.194. The van der Waals surface area contributed by atoms with Gasteiger partial charge in [-0.1, -0.05) is 5.66 Å². The summed E-state index contributed by atoms with van der Waals surface area (Å²) in [7, 11) is 0.194. The van der Waals surface area contributed by atoms with E-state index in [0.29, 0.717) is 0 Å². The summed E-state index contributed by atoms with van der Waals surface area (Å²) in [4.78, 5) is 9.29. The van der Waals surface area contributed by atoms with Gasteiger partial charge in [-0.15, -0.1) is 6.42 Å². The van der Waals surface area contributed by atoms with Gasteiger partial charge >= 0.3 is 0 Å². The van der Waals surface area contributed by atoms with E-state index in [1.54, 1.807) is 5.94 Å². The average molecular weight is 98.0 g/mol. The van der Waals surface area contributed by atoms with Crippen LogP contribution in [0.15, 0.2) is 5.82 Å². The highest BCUT2D eigenvalue weighted by Gasteiger charge is 1.58. The molecule has 0 aromatic rings. The lowest BCUT2D eigenvalue weighted by Gasteiger charge is -1.59. The summed E-state index contributed by atoms with van der Waals surface area (Å²) in [6.45, 7) is 0. The molecule has 1 atom stereocenters. The second kappa shape index (κ2) is 4.44. The van der Waals surface area contributed by atoms with E-state index in [-0.39, 0.29) is 8.58 Å². The Kier molecular flexibility index (Phi) is 4.03. The molecule has 0 bridgehead atoms. The van der Waals surface area contributed by atoms with Gasteiger partial charge in [0, 0.05) is 5.82 Å². The van der Waals surface area contributed by atoms with Crippen LogP contribution >= 0.6 is 8.58 Å². The van der Waals surface area contributed by atoms with E-state index in [9.17, 15) is 4.79 Å². The molecule has 0 heterocycles. The number of rotatable bonds is 1. The molecule has 6 heavy (non-hydrogen) atoms. The van der Waals surface area contributed by atoms with Crippen LogP contribution in [0.2, 0.25) is 0 Å². The number of hydrogen-bond acceptors (Lipinski definition) is 1. The monoisotopic (exact) mass is 98.0 g/mol. The molecule has 0 N–H and O–H groups in total. The minimum Gasteiger partial charge on any atom is -0.233 e. The summed E-state index contributed by atoms with van der Waals surface area (Å²) in [6, 6.07) is 0. The first-order valence-electron chi connectivity index (χ1n) is 1.32. The topological polar surface area (TPSA) is 17.1 Å². The number of terminal acetylenes is 1. The molecule has 0 fully saturated rings. The Labute approximate surface area is 38.2 Å². The lowest BCUT2D eigenvalue weighted by molar-refractivity contribution is 0.569. The van der Waals surface area contributed by atoms with Gasteiger partial charge in [0.15, 0.2) is 0 Å². The second-order valence-electron chi connectivity index (χ2n) is 0.551. The van der Waals surface area contributed by atoms with E-state index in [0.717, 1.165) is 0 Å². The molecular formula is C4H3OP. The van der Waals surface area contributed by atoms with Crippen molar-refractivity contribution in [2.24, 2.45) is 0 Å². The second-order valence-corrected chi connectivity index (χ2v) is 1.42. The van der Waals surface area contributed by atoms with Crippen LogP contribution in [0.1, 0.15) is 0 Å². The van der Waals surface area contributed by atoms with Crippen molar-refractivity contribution in [1.29, 1.82) is 0 Å². The van der Waals surface area contributed by atoms with Crippen molar-refractivity contribution in [2.45, 2.75) is 0 Å². The molecule has 0 aliphatic heterocycles. The highest BCUT2D eigenvalue weighted by Crippen LogP contribution is 2.02. The molecule has 2 heteroatoms. The summed E-state index contributed by atoms with van der Waals surface area (Å²) in [6.07, 6.45) is 4.77. The summed E-state index contributed by atoms with van der Waals surface area (Å²) in [5.41, 5.74) is 2.28. The van der Waals surface area contributed by atoms with Crippen LogP contribution in [0.3, 0.4) is 0 Å². The highest BCUT2D eigenvalue weighted by molar-refractivity contribution is 7.47. The van der Waals surface area contributed by atoms with Crippen molar-refractivity contribution in [1.82, 2.24) is 0 Å². The molecule has 0 saturated carbocycles. The minimum atomic E-state index is 0.194. The Balaban J connectivity index is 3.16. The number of carbonyl (C=O) groups excluding carboxylic acids is 1. The van der Waals surface area contributed by atoms with Crippen LogP contribution in [0.4, 0.5) is 0 Å². The number of hydrogen-bond donors (Lipinski definition) is 0. The first-order chi connectivity index (χ1) is 2.91. The van der Waals surface area contributed by atoms with Gasteiger partial charge in [-0.2, -0.15) is 0 Å². The predicted molar refractivity (Wildman–Crippen MR) is 27.4 cm³/mol. The van der Waals surface area contributed by atoms with Crippen molar-refractivity contribution >= 4 is 14.5 Å². The molecule has 1 nitrogen and oxygen atoms in total. The first kappa shape index (κ1) is 5.44. The zero-order valence-electron chi connectivity index (χ0n) is 3.06. The van der Waals surface area contributed by atoms with Crippen molar-refractivity contribution in [3.05, 3.63) is 5.82 Å². The van der Waals surface area contributed by atoms with E-state index in [1.807, 2.05) is 0 Å². The highest BCUT2D eigenvalue weighted by atomic mass is 31.1. The Morgan fingerprint density at radius 1 is 1.83 bits per heavy atom. The zero-order chi connectivity index (χ0) is 4.83. The normalized spacial score (nSPS) is 7.17. The molecule has 0 spiro atoms. The molecule has 0 aliphatic rings. The largest absolute Gasteiger partial charge is 0.233 e. The third kappa shape index (κ3) is 3.44. The SMILES string of the molecule is C#CPC=C=O. The standard InChI is InChI=1S/C4H3OP/c1-2-6-4-3-5/h1,4,6H. The van der Waals surface area contributed by atoms with E-state index < -0.39 is 0 Å². The quantitative estimate of drug-likeness (QED) is 0.266. The van der Waals surface area contributed by atoms with Gasteiger partial charge in [-0.3, -0.25) is 0 Å². The van der Waals surface area contributed by atoms with Gasteiger partial charge in [0.2, 0.25) is 0 Å². The molecule has 30 valence electrons. The Morgan fingerprint density at radius 3 is 2.67 bits per heavy atom. The van der Waals surface area contributed by atoms with E-state index in [1.165, 1.54) is 5.82 Å². The summed E-state index contributed by atoms with van der Waals surface area (Å²) in [5, 5.41) is 0. The molecular weight excluding hydrogens is 95.0 g/mol. The van der Waals surface area contributed by atoms with Crippen molar-refractivity contribution in [3.63, 3.8) is 0 Å². The van der Waals surface area contributed by atoms with Gasteiger partial charge in [-0.05, 0) is 8.58 Å². The van der Waals surface area contributed by atoms with E-state index in [4.69, 9.17) is 6.42 Å². The molecule has 0 aromatic heterocycles. The first-order valence-corrected chi connectivity index (χ1v) is 2.40. The van der Waals surface area contributed by atoms with E-state index >= 15 is 0 Å². The van der Waals surface area contributed by atoms with Crippen LogP contribution in [-0.2, 0) is 4.79 Å². The molecule has 0 aromatic carbocycles. The van der Waals surface area contributed by atoms with Crippen LogP contribution in [-0.4, -0.2) is 5.94 Å². The maximum atomic E-state index is 9.29. The summed E-state index contributed by atoms with van der Waals surface area (Å²) < 4.78 is 0. The van der Waals surface area contributed by atoms with E-state index in [2.05, 4.69) is 5.66 Å². The lowest BCUT2D eigenvalue weighted by atomic mass is 11.2. The van der Waals surface area contributed by atoms with Gasteiger partial charge in [0.1, 0.15) is 5.94 Å². The third-order valence-corrected chi connectivity index (χ3v) is 0.643. The maximum absolute atomic E-state index is 9.29. The maximum Gasteiger partial charge on any atom is 0.125 e. The van der Waals surface area contributed by atoms with Crippen LogP contribution in [0.25, 0.3) is 0 Å². The third-order valence-electron chi connectivity index (χ3n) is 0.214. The Hall–Kier alpha value is -0.560. The lowest BCUT2D eigenvalue weighted by Crippen LogP contribution is -1.35. The van der Waals surface area contributed by atoms with Crippen molar-refractivity contribution < 1.29 is 4.79 Å². The summed E-state index contributed by atoms with van der Waals surface area (Å²) >= 11 is 0. The van der Waals surface area contributed by atoms with Gasteiger partial charge < -0.3 is 0 Å². The molecule has 0 radical (unpaired) electrons. The van der Waals surface area contributed by atoms with Crippen molar-refractivity contribution in [3.8, 4) is 12.1 Å². The Morgan fingerprint density at radius 2 is 2.50 bits per heavy atom. The fourth-order valence-corrected chi connectivity index (χ4v) is 0.213. The van der Waals surface area contributed by atoms with Gasteiger partial charge in [-0.25, -0.2) is 4.79 Å². The molecule has 0 rings (SSSR count). The average Bonchev–Trinajstić information content (AvgIpc) is 1.61. The van der Waals surface area contributed by atoms with Crippen LogP contribution in [0.5, 0.6) is 0 Å². The van der Waals surface area contributed by atoms with Crippen LogP contribution in [0, 0.1) is 12.1 Å². The summed E-state index contributed by atoms with van der Waals surface area (Å²) in [5.74, 6) is 2.86. The van der Waals surface area contributed by atoms with Crippen molar-refractivity contribution in [2.75, 3.05) is 0 Å². The van der Waals surface area contributed by atoms with Crippen LogP contribution < -0.4 is 0 Å². The fraction of sp³-hybridized carbons (Fsp3) is 0. The van der Waals surface area contributed by atoms with Gasteiger partial charge in [0.05, 0.1) is 0 Å². The smallest absolute Gasteiger partial charge is 0.125 e. The van der Waals surface area contributed by atoms with Gasteiger partial charge in [0.25, 0.3) is 0 Å². The molecule has 1 unspecified atom stereocenters. The molecule has 0 aliphatic carbocycles. The molecule has 0 amide bonds. The predicted octanol–water partition coefficient (Wildman–Crippen LogP) is 0.601. The zero-order valence-corrected chi connectivity index (χ0v) is 4.06.